The van der Waals surface area contributed by atoms with Crippen molar-refractivity contribution in [2.24, 2.45) is 5.92 Å². The van der Waals surface area contributed by atoms with E-state index in [9.17, 15) is 43.2 Å². The van der Waals surface area contributed by atoms with Gasteiger partial charge in [0, 0.05) is 25.7 Å². The van der Waals surface area contributed by atoms with Crippen LogP contribution in [-0.4, -0.2) is 96.7 Å². The van der Waals surface area contributed by atoms with E-state index < -0.39 is 97.5 Å². The molecule has 0 aromatic heterocycles. The van der Waals surface area contributed by atoms with Crippen molar-refractivity contribution >= 4 is 39.5 Å². The van der Waals surface area contributed by atoms with Crippen LogP contribution in [0.15, 0.2) is 0 Å². The molecule has 0 aliphatic heterocycles. The molecule has 2 unspecified atom stereocenters. The Morgan fingerprint density at radius 3 is 0.716 bits per heavy atom. The first kappa shape index (κ1) is 93.1. The smallest absolute Gasteiger partial charge is 0.462 e. The molecule has 5 atom stereocenters. The molecular formula is C76H148O17P2. The molecule has 0 aromatic carbocycles. The molecule has 95 heavy (non-hydrogen) atoms. The molecule has 564 valence electrons. The Morgan fingerprint density at radius 2 is 0.484 bits per heavy atom. The average Bonchev–Trinajstić information content (AvgIpc) is 1.46. The number of hydrogen-bond acceptors (Lipinski definition) is 15. The lowest BCUT2D eigenvalue weighted by Crippen LogP contribution is -2.30. The Labute approximate surface area is 581 Å². The molecule has 0 rings (SSSR count). The fourth-order valence-corrected chi connectivity index (χ4v) is 13.3. The quantitative estimate of drug-likeness (QED) is 0.0222. The predicted octanol–water partition coefficient (Wildman–Crippen LogP) is 22.5. The normalized spacial score (nSPS) is 13.9. The lowest BCUT2D eigenvalue weighted by atomic mass is 10.0. The van der Waals surface area contributed by atoms with Gasteiger partial charge in [-0.05, 0) is 31.6 Å². The van der Waals surface area contributed by atoms with Gasteiger partial charge in [-0.15, -0.1) is 0 Å². The van der Waals surface area contributed by atoms with Crippen molar-refractivity contribution in [1.29, 1.82) is 0 Å². The van der Waals surface area contributed by atoms with Gasteiger partial charge in [0.1, 0.15) is 19.3 Å². The van der Waals surface area contributed by atoms with E-state index in [1.54, 1.807) is 0 Å². The maximum atomic E-state index is 13.1. The van der Waals surface area contributed by atoms with Gasteiger partial charge in [0.2, 0.25) is 0 Å². The summed E-state index contributed by atoms with van der Waals surface area (Å²) in [6, 6.07) is 0. The van der Waals surface area contributed by atoms with Crippen molar-refractivity contribution in [1.82, 2.24) is 0 Å². The number of phosphoric ester groups is 2. The third-order valence-electron chi connectivity index (χ3n) is 17.8. The molecular weight excluding hydrogens is 1250 g/mol. The van der Waals surface area contributed by atoms with E-state index in [0.29, 0.717) is 25.7 Å². The molecule has 0 heterocycles. The Morgan fingerprint density at radius 1 is 0.284 bits per heavy atom. The molecule has 19 heteroatoms. The zero-order valence-electron chi connectivity index (χ0n) is 61.8. The van der Waals surface area contributed by atoms with Gasteiger partial charge < -0.3 is 33.8 Å². The summed E-state index contributed by atoms with van der Waals surface area (Å²) < 4.78 is 68.4. The van der Waals surface area contributed by atoms with E-state index in [0.717, 1.165) is 102 Å². The lowest BCUT2D eigenvalue weighted by molar-refractivity contribution is -0.161. The number of phosphoric acid groups is 2. The van der Waals surface area contributed by atoms with Crippen LogP contribution in [-0.2, 0) is 65.4 Å². The topological polar surface area (TPSA) is 237 Å². The summed E-state index contributed by atoms with van der Waals surface area (Å²) in [4.78, 5) is 72.6. The van der Waals surface area contributed by atoms with Crippen molar-refractivity contribution in [3.05, 3.63) is 0 Å². The van der Waals surface area contributed by atoms with Crippen molar-refractivity contribution in [2.75, 3.05) is 39.6 Å². The van der Waals surface area contributed by atoms with Crippen LogP contribution in [0.5, 0.6) is 0 Å². The molecule has 0 fully saturated rings. The van der Waals surface area contributed by atoms with Gasteiger partial charge in [0.15, 0.2) is 12.2 Å². The molecule has 0 radical (unpaired) electrons. The van der Waals surface area contributed by atoms with Gasteiger partial charge in [0.05, 0.1) is 26.4 Å². The first-order valence-electron chi connectivity index (χ1n) is 39.6. The highest BCUT2D eigenvalue weighted by Gasteiger charge is 2.30. The van der Waals surface area contributed by atoms with E-state index in [2.05, 4.69) is 34.6 Å². The lowest BCUT2D eigenvalue weighted by Gasteiger charge is -2.21. The van der Waals surface area contributed by atoms with Crippen molar-refractivity contribution in [3.8, 4) is 0 Å². The fraction of sp³-hybridized carbons (Fsp3) is 0.947. The minimum atomic E-state index is -4.96. The van der Waals surface area contributed by atoms with E-state index in [1.165, 1.54) is 218 Å². The number of unbranched alkanes of at least 4 members (excludes halogenated alkanes) is 48. The van der Waals surface area contributed by atoms with Crippen LogP contribution in [0, 0.1) is 5.92 Å². The number of esters is 4. The second kappa shape index (κ2) is 69.2. The molecule has 0 aliphatic carbocycles. The van der Waals surface area contributed by atoms with E-state index in [1.807, 2.05) is 0 Å². The Hall–Kier alpha value is -1.94. The van der Waals surface area contributed by atoms with Gasteiger partial charge in [-0.1, -0.05) is 349 Å². The van der Waals surface area contributed by atoms with Crippen LogP contribution in [0.4, 0.5) is 0 Å². The zero-order chi connectivity index (χ0) is 69.8. The third-order valence-corrected chi connectivity index (χ3v) is 19.7. The number of rotatable bonds is 76. The predicted molar refractivity (Wildman–Crippen MR) is 386 cm³/mol. The van der Waals surface area contributed by atoms with Gasteiger partial charge in [-0.2, -0.15) is 0 Å². The summed E-state index contributed by atoms with van der Waals surface area (Å²) >= 11 is 0. The molecule has 0 aromatic rings. The van der Waals surface area contributed by atoms with E-state index >= 15 is 0 Å². The Balaban J connectivity index is 5.17. The van der Waals surface area contributed by atoms with Gasteiger partial charge in [0.25, 0.3) is 0 Å². The molecule has 0 aliphatic rings. The number of aliphatic hydroxyl groups excluding tert-OH is 1. The second-order valence-electron chi connectivity index (χ2n) is 27.9. The highest BCUT2D eigenvalue weighted by molar-refractivity contribution is 7.47. The first-order valence-corrected chi connectivity index (χ1v) is 42.6. The summed E-state index contributed by atoms with van der Waals surface area (Å²) in [6.07, 6.45) is 58.4. The molecule has 0 saturated heterocycles. The second-order valence-corrected chi connectivity index (χ2v) is 30.8. The highest BCUT2D eigenvalue weighted by atomic mass is 31.2. The minimum absolute atomic E-state index is 0.107. The number of aliphatic hydroxyl groups is 1. The molecule has 3 N–H and O–H groups in total. The summed E-state index contributed by atoms with van der Waals surface area (Å²) in [5.41, 5.74) is 0. The first-order chi connectivity index (χ1) is 46.0. The van der Waals surface area contributed by atoms with Crippen molar-refractivity contribution in [2.45, 2.75) is 419 Å². The number of ether oxygens (including phenoxy) is 4. The monoisotopic (exact) mass is 1400 g/mol. The molecule has 0 spiro atoms. The maximum absolute atomic E-state index is 13.1. The van der Waals surface area contributed by atoms with Gasteiger partial charge >= 0.3 is 39.5 Å². The number of carbonyl (C=O) groups is 4. The molecule has 17 nitrogen and oxygen atoms in total. The molecule has 0 bridgehead atoms. The van der Waals surface area contributed by atoms with Crippen LogP contribution in [0.3, 0.4) is 0 Å². The highest BCUT2D eigenvalue weighted by Crippen LogP contribution is 2.45. The van der Waals surface area contributed by atoms with Gasteiger partial charge in [-0.25, -0.2) is 9.13 Å². The van der Waals surface area contributed by atoms with Gasteiger partial charge in [-0.3, -0.25) is 37.3 Å². The summed E-state index contributed by atoms with van der Waals surface area (Å²) in [5.74, 6) is -1.30. The fourth-order valence-electron chi connectivity index (χ4n) is 11.7. The largest absolute Gasteiger partial charge is 0.472 e. The van der Waals surface area contributed by atoms with Crippen LogP contribution in [0.2, 0.25) is 0 Å². The van der Waals surface area contributed by atoms with Crippen LogP contribution in [0.1, 0.15) is 401 Å². The Kier molecular flexibility index (Phi) is 67.7. The third kappa shape index (κ3) is 70.3. The summed E-state index contributed by atoms with van der Waals surface area (Å²) in [6.45, 7) is 7.29. The maximum Gasteiger partial charge on any atom is 0.472 e. The minimum Gasteiger partial charge on any atom is -0.462 e. The summed E-state index contributed by atoms with van der Waals surface area (Å²) in [5, 5.41) is 10.6. The average molecular weight is 1400 g/mol. The molecule has 0 amide bonds. The van der Waals surface area contributed by atoms with Crippen LogP contribution >= 0.6 is 15.6 Å². The SMILES string of the molecule is CCCCCCCCCCCCCCCCCCC(=O)OC[C@H](COP(=O)(O)OC[C@@H](O)COP(=O)(O)OC[C@@H](COC(=O)CCCCCCCCCC)OC(=O)CCCCCCCCCCCC)OC(=O)CCCCCCCCCCCCCCCCCCCCC(C)C. The number of hydrogen-bond donors (Lipinski definition) is 3. The zero-order valence-corrected chi connectivity index (χ0v) is 63.6. The van der Waals surface area contributed by atoms with E-state index in [4.69, 9.17) is 37.0 Å². The standard InChI is InChI=1S/C76H148O17P2/c1-6-9-12-15-18-21-23-24-25-31-34-37-41-45-50-55-60-74(79)87-66-72(93-76(81)62-57-52-47-42-38-35-32-29-27-26-28-30-33-36-39-43-48-53-58-69(4)5)68-91-95(84,85)89-64-70(77)63-88-94(82,83)90-67-71(65-86-73(78)59-54-49-44-20-17-14-11-8-3)92-75(80)61-56-51-46-40-22-19-16-13-10-7-2/h69-72,77H,6-68H2,1-5H3,(H,82,83)(H,84,85)/t70-,71+,72+/m0/s1. The van der Waals surface area contributed by atoms with Crippen molar-refractivity contribution < 1.29 is 80.2 Å². The number of carbonyl (C=O) groups excluding carboxylic acids is 4. The van der Waals surface area contributed by atoms with Crippen molar-refractivity contribution in [3.63, 3.8) is 0 Å². The van der Waals surface area contributed by atoms with Crippen LogP contribution < -0.4 is 0 Å². The molecule has 0 saturated carbocycles. The van der Waals surface area contributed by atoms with E-state index in [-0.39, 0.29) is 25.7 Å². The Bertz CT molecular complexity index is 1820. The van der Waals surface area contributed by atoms with Crippen LogP contribution in [0.25, 0.3) is 0 Å². The summed E-state index contributed by atoms with van der Waals surface area (Å²) in [7, 11) is -9.90.